The summed E-state index contributed by atoms with van der Waals surface area (Å²) >= 11 is 1.80. The summed E-state index contributed by atoms with van der Waals surface area (Å²) in [6, 6.07) is 17.3. The first-order valence-electron chi connectivity index (χ1n) is 7.41. The maximum Gasteiger partial charge on any atom is 0.111 e. The van der Waals surface area contributed by atoms with Gasteiger partial charge in [0.25, 0.3) is 0 Å². The number of thiazole rings is 1. The summed E-state index contributed by atoms with van der Waals surface area (Å²) in [7, 11) is 0. The van der Waals surface area contributed by atoms with Crippen LogP contribution in [0.4, 0.5) is 0 Å². The number of nitrogens with one attached hydrogen (secondary N) is 1. The van der Waals surface area contributed by atoms with Crippen LogP contribution in [-0.2, 0) is 6.42 Å². The maximum absolute atomic E-state index is 4.81. The molecule has 0 amide bonds. The highest BCUT2D eigenvalue weighted by Gasteiger charge is 2.16. The van der Waals surface area contributed by atoms with E-state index in [2.05, 4.69) is 67.7 Å². The van der Waals surface area contributed by atoms with Gasteiger partial charge in [0.1, 0.15) is 5.01 Å². The van der Waals surface area contributed by atoms with Crippen LogP contribution in [-0.4, -0.2) is 11.5 Å². The van der Waals surface area contributed by atoms with E-state index in [0.29, 0.717) is 0 Å². The van der Waals surface area contributed by atoms with Crippen LogP contribution in [0, 0.1) is 6.92 Å². The van der Waals surface area contributed by atoms with E-state index in [-0.39, 0.29) is 6.04 Å². The average Bonchev–Trinajstić information content (AvgIpc) is 2.93. The number of aromatic nitrogens is 1. The predicted molar refractivity (Wildman–Crippen MR) is 90.9 cm³/mol. The Morgan fingerprint density at radius 1 is 1.10 bits per heavy atom. The Labute approximate surface area is 129 Å². The first kappa shape index (κ1) is 14.2. The van der Waals surface area contributed by atoms with E-state index in [1.165, 1.54) is 20.8 Å². The van der Waals surface area contributed by atoms with E-state index < -0.39 is 0 Å². The average molecular weight is 296 g/mol. The van der Waals surface area contributed by atoms with Crippen LogP contribution < -0.4 is 5.32 Å². The molecule has 2 aromatic carbocycles. The van der Waals surface area contributed by atoms with Gasteiger partial charge in [0.2, 0.25) is 0 Å². The van der Waals surface area contributed by atoms with E-state index in [1.807, 2.05) is 0 Å². The van der Waals surface area contributed by atoms with Gasteiger partial charge in [-0.2, -0.15) is 0 Å². The topological polar surface area (TPSA) is 24.9 Å². The van der Waals surface area contributed by atoms with Gasteiger partial charge in [0.15, 0.2) is 0 Å². The van der Waals surface area contributed by atoms with Crippen molar-refractivity contribution in [2.45, 2.75) is 26.3 Å². The first-order valence-corrected chi connectivity index (χ1v) is 8.23. The molecule has 0 aliphatic rings. The molecule has 1 heterocycles. The Bertz CT molecular complexity index is 700. The molecule has 0 saturated carbocycles. The zero-order chi connectivity index (χ0) is 14.7. The lowest BCUT2D eigenvalue weighted by Crippen LogP contribution is -2.23. The molecule has 3 heteroatoms. The summed E-state index contributed by atoms with van der Waals surface area (Å²) in [5.74, 6) is 0. The number of nitrogens with zero attached hydrogens (tertiary/aromatic N) is 1. The molecule has 1 aromatic heterocycles. The van der Waals surface area contributed by atoms with Crippen molar-refractivity contribution < 1.29 is 0 Å². The third-order valence-electron chi connectivity index (χ3n) is 3.74. The Morgan fingerprint density at radius 3 is 2.62 bits per heavy atom. The molecule has 21 heavy (non-hydrogen) atoms. The van der Waals surface area contributed by atoms with E-state index in [0.717, 1.165) is 18.5 Å². The number of benzene rings is 2. The summed E-state index contributed by atoms with van der Waals surface area (Å²) in [6.45, 7) is 5.28. The number of rotatable bonds is 5. The van der Waals surface area contributed by atoms with Crippen LogP contribution in [0.5, 0.6) is 0 Å². The van der Waals surface area contributed by atoms with Crippen molar-refractivity contribution in [3.8, 4) is 0 Å². The molecule has 108 valence electrons. The minimum absolute atomic E-state index is 0.286. The Balaban J connectivity index is 1.92. The lowest BCUT2D eigenvalue weighted by molar-refractivity contribution is 0.547. The minimum atomic E-state index is 0.286. The Kier molecular flexibility index (Phi) is 4.32. The van der Waals surface area contributed by atoms with Gasteiger partial charge < -0.3 is 5.32 Å². The smallest absolute Gasteiger partial charge is 0.111 e. The van der Waals surface area contributed by atoms with Crippen molar-refractivity contribution in [2.24, 2.45) is 0 Å². The van der Waals surface area contributed by atoms with Crippen molar-refractivity contribution in [3.05, 3.63) is 64.7 Å². The molecule has 0 aliphatic heterocycles. The molecular weight excluding hydrogens is 276 g/mol. The van der Waals surface area contributed by atoms with Gasteiger partial charge in [0, 0.05) is 0 Å². The van der Waals surface area contributed by atoms with Gasteiger partial charge >= 0.3 is 0 Å². The van der Waals surface area contributed by atoms with Gasteiger partial charge in [-0.3, -0.25) is 0 Å². The lowest BCUT2D eigenvalue weighted by Gasteiger charge is -2.16. The second kappa shape index (κ2) is 6.37. The van der Waals surface area contributed by atoms with E-state index in [1.54, 1.807) is 11.3 Å². The molecule has 0 bridgehead atoms. The molecule has 1 unspecified atom stereocenters. The minimum Gasteiger partial charge on any atom is -0.308 e. The molecule has 0 fully saturated rings. The molecule has 0 aliphatic carbocycles. The van der Waals surface area contributed by atoms with Crippen molar-refractivity contribution in [1.29, 1.82) is 0 Å². The molecule has 1 N–H and O–H groups in total. The number of hydrogen-bond acceptors (Lipinski definition) is 3. The molecular formula is C18H20N2S. The van der Waals surface area contributed by atoms with Crippen LogP contribution >= 0.6 is 11.3 Å². The summed E-state index contributed by atoms with van der Waals surface area (Å²) in [4.78, 5) is 4.81. The molecule has 0 radical (unpaired) electrons. The zero-order valence-electron chi connectivity index (χ0n) is 12.5. The van der Waals surface area contributed by atoms with Crippen LogP contribution in [0.15, 0.2) is 48.5 Å². The number of aryl methyl sites for hydroxylation is 1. The summed E-state index contributed by atoms with van der Waals surface area (Å²) < 4.78 is 1.26. The number of fused-ring (bicyclic) bond motifs is 1. The van der Waals surface area contributed by atoms with Crippen molar-refractivity contribution in [3.63, 3.8) is 0 Å². The molecule has 3 rings (SSSR count). The van der Waals surface area contributed by atoms with Crippen LogP contribution in [0.2, 0.25) is 0 Å². The predicted octanol–water partition coefficient (Wildman–Crippen LogP) is 4.50. The van der Waals surface area contributed by atoms with Gasteiger partial charge in [-0.25, -0.2) is 4.98 Å². The normalized spacial score (nSPS) is 12.7. The molecule has 0 saturated heterocycles. The lowest BCUT2D eigenvalue weighted by atomic mass is 10.0. The standard InChI is InChI=1S/C18H20N2S/c1-3-19-16(12-14-9-5-4-8-13(14)2)18-20-15-10-6-7-11-17(15)21-18/h4-11,16,19H,3,12H2,1-2H3. The van der Waals surface area contributed by atoms with E-state index >= 15 is 0 Å². The highest BCUT2D eigenvalue weighted by Crippen LogP contribution is 2.28. The SMILES string of the molecule is CCNC(Cc1ccccc1C)c1nc2ccccc2s1. The number of hydrogen-bond donors (Lipinski definition) is 1. The second-order valence-electron chi connectivity index (χ2n) is 5.26. The summed E-state index contributed by atoms with van der Waals surface area (Å²) in [5, 5.41) is 4.77. The third kappa shape index (κ3) is 3.14. The van der Waals surface area contributed by atoms with Crippen LogP contribution in [0.25, 0.3) is 10.2 Å². The van der Waals surface area contributed by atoms with Gasteiger partial charge in [-0.1, -0.05) is 43.3 Å². The van der Waals surface area contributed by atoms with E-state index in [4.69, 9.17) is 4.98 Å². The van der Waals surface area contributed by atoms with Crippen molar-refractivity contribution in [1.82, 2.24) is 10.3 Å². The molecule has 3 aromatic rings. The largest absolute Gasteiger partial charge is 0.308 e. The number of likely N-dealkylation sites (N-methyl/N-ethyl adjacent to an activating group) is 1. The summed E-state index contributed by atoms with van der Waals surface area (Å²) in [5.41, 5.74) is 3.84. The fourth-order valence-electron chi connectivity index (χ4n) is 2.59. The highest BCUT2D eigenvalue weighted by molar-refractivity contribution is 7.18. The van der Waals surface area contributed by atoms with Crippen molar-refractivity contribution in [2.75, 3.05) is 6.54 Å². The van der Waals surface area contributed by atoms with Gasteiger partial charge in [0.05, 0.1) is 16.3 Å². The second-order valence-corrected chi connectivity index (χ2v) is 6.32. The van der Waals surface area contributed by atoms with Crippen molar-refractivity contribution >= 4 is 21.6 Å². The zero-order valence-corrected chi connectivity index (χ0v) is 13.3. The van der Waals surface area contributed by atoms with E-state index in [9.17, 15) is 0 Å². The Morgan fingerprint density at radius 2 is 1.86 bits per heavy atom. The molecule has 1 atom stereocenters. The van der Waals surface area contributed by atoms with Crippen LogP contribution in [0.3, 0.4) is 0 Å². The third-order valence-corrected chi connectivity index (χ3v) is 4.89. The molecule has 2 nitrogen and oxygen atoms in total. The van der Waals surface area contributed by atoms with Crippen LogP contribution in [0.1, 0.15) is 29.1 Å². The highest BCUT2D eigenvalue weighted by atomic mass is 32.1. The molecule has 0 spiro atoms. The Hall–Kier alpha value is -1.71. The van der Waals surface area contributed by atoms with Gasteiger partial charge in [-0.05, 0) is 43.1 Å². The fraction of sp³-hybridized carbons (Fsp3) is 0.278. The first-order chi connectivity index (χ1) is 10.3. The quantitative estimate of drug-likeness (QED) is 0.750. The summed E-state index contributed by atoms with van der Waals surface area (Å²) in [6.07, 6.45) is 0.986. The van der Waals surface area contributed by atoms with Gasteiger partial charge in [-0.15, -0.1) is 11.3 Å². The number of para-hydroxylation sites is 1. The maximum atomic E-state index is 4.81. The fourth-order valence-corrected chi connectivity index (χ4v) is 3.63. The monoisotopic (exact) mass is 296 g/mol.